The van der Waals surface area contributed by atoms with E-state index in [1.807, 2.05) is 60.7 Å². The van der Waals surface area contributed by atoms with Gasteiger partial charge in [0.2, 0.25) is 5.72 Å². The normalized spacial score (nSPS) is 25.5. The largest absolute Gasteiger partial charge is 0.478 e. The van der Waals surface area contributed by atoms with E-state index in [1.165, 1.54) is 0 Å². The minimum atomic E-state index is -2.25. The lowest BCUT2D eigenvalue weighted by molar-refractivity contribution is -0.251. The molecule has 9 heteroatoms. The van der Waals surface area contributed by atoms with Crippen LogP contribution in [0.1, 0.15) is 16.7 Å². The lowest BCUT2D eigenvalue weighted by Crippen LogP contribution is -2.70. The van der Waals surface area contributed by atoms with Gasteiger partial charge in [0, 0.05) is 17.7 Å². The number of ether oxygens (including phenoxy) is 2. The number of aliphatic imine (C=N–C) groups is 1. The second-order valence-corrected chi connectivity index (χ2v) is 8.43. The molecule has 2 heterocycles. The van der Waals surface area contributed by atoms with Gasteiger partial charge in [-0.25, -0.2) is 9.79 Å². The molecule has 5 N–H and O–H groups in total. The molecule has 1 fully saturated rings. The summed E-state index contributed by atoms with van der Waals surface area (Å²) in [5.41, 5.74) is 1.58. The van der Waals surface area contributed by atoms with Crippen LogP contribution in [0.5, 0.6) is 11.5 Å². The Hall–Kier alpha value is -3.60. The van der Waals surface area contributed by atoms with Gasteiger partial charge in [-0.2, -0.15) is 0 Å². The fourth-order valence-electron chi connectivity index (χ4n) is 4.19. The Morgan fingerprint density at radius 2 is 1.66 bits per heavy atom. The summed E-state index contributed by atoms with van der Waals surface area (Å²) in [4.78, 5) is 16.8. The zero-order valence-electron chi connectivity index (χ0n) is 18.5. The minimum Gasteiger partial charge on any atom is -0.478 e. The molecule has 3 aromatic rings. The summed E-state index contributed by atoms with van der Waals surface area (Å²) in [6, 6.07) is 22.5. The minimum absolute atomic E-state index is 0.0292. The molecule has 2 aliphatic heterocycles. The first kappa shape index (κ1) is 23.2. The molecule has 0 radical (unpaired) electrons. The van der Waals surface area contributed by atoms with Crippen LogP contribution >= 0.6 is 0 Å². The first-order valence-corrected chi connectivity index (χ1v) is 11.1. The molecule has 0 spiro atoms. The van der Waals surface area contributed by atoms with Crippen molar-refractivity contribution in [2.45, 2.75) is 30.6 Å². The van der Waals surface area contributed by atoms with Crippen LogP contribution in [0.2, 0.25) is 0 Å². The third-order valence-electron chi connectivity index (χ3n) is 6.18. The van der Waals surface area contributed by atoms with Gasteiger partial charge in [0.1, 0.15) is 29.7 Å². The van der Waals surface area contributed by atoms with Crippen molar-refractivity contribution in [1.82, 2.24) is 5.32 Å². The van der Waals surface area contributed by atoms with Gasteiger partial charge >= 0.3 is 5.97 Å². The van der Waals surface area contributed by atoms with Gasteiger partial charge in [-0.15, -0.1) is 0 Å². The van der Waals surface area contributed by atoms with Crippen LogP contribution in [0.25, 0.3) is 0 Å². The first-order valence-electron chi connectivity index (χ1n) is 11.1. The summed E-state index contributed by atoms with van der Waals surface area (Å²) >= 11 is 0. The number of rotatable bonds is 5. The SMILES string of the molecule is O=C(O)C1(NCc2ccc(C3=Nc4ccccc4Oc4ccccc43)cc2)OCC(O)C(O)C1O. The first-order chi connectivity index (χ1) is 16.9. The molecular weight excluding hydrogens is 452 g/mol. The summed E-state index contributed by atoms with van der Waals surface area (Å²) in [6.07, 6.45) is -4.90. The molecule has 180 valence electrons. The zero-order valence-corrected chi connectivity index (χ0v) is 18.5. The van der Waals surface area contributed by atoms with Crippen molar-refractivity contribution in [1.29, 1.82) is 0 Å². The number of fused-ring (bicyclic) bond motifs is 2. The van der Waals surface area contributed by atoms with Crippen molar-refractivity contribution in [3.05, 3.63) is 89.5 Å². The second kappa shape index (κ2) is 9.21. The molecule has 1 saturated heterocycles. The van der Waals surface area contributed by atoms with Gasteiger partial charge in [-0.1, -0.05) is 48.5 Å². The number of nitrogens with one attached hydrogen (secondary N) is 1. The van der Waals surface area contributed by atoms with Crippen LogP contribution < -0.4 is 10.1 Å². The van der Waals surface area contributed by atoms with E-state index in [2.05, 4.69) is 5.32 Å². The second-order valence-electron chi connectivity index (χ2n) is 8.43. The van der Waals surface area contributed by atoms with Crippen molar-refractivity contribution in [3.8, 4) is 11.5 Å². The van der Waals surface area contributed by atoms with Crippen LogP contribution in [0.4, 0.5) is 5.69 Å². The number of hydrogen-bond donors (Lipinski definition) is 5. The Bertz CT molecular complexity index is 1280. The number of aliphatic carboxylic acids is 1. The smallest absolute Gasteiger partial charge is 0.354 e. The van der Waals surface area contributed by atoms with Crippen LogP contribution in [0.15, 0.2) is 77.8 Å². The Kier molecular flexibility index (Phi) is 6.10. The number of para-hydroxylation sites is 3. The number of benzene rings is 3. The number of carbonyl (C=O) groups is 1. The number of carboxylic acids is 1. The van der Waals surface area contributed by atoms with Gasteiger partial charge < -0.3 is 29.9 Å². The van der Waals surface area contributed by atoms with Crippen LogP contribution in [-0.2, 0) is 16.1 Å². The van der Waals surface area contributed by atoms with Gasteiger partial charge in [0.05, 0.1) is 12.3 Å². The molecule has 4 atom stereocenters. The Morgan fingerprint density at radius 3 is 2.40 bits per heavy atom. The molecule has 5 rings (SSSR count). The van der Waals surface area contributed by atoms with Crippen LogP contribution in [-0.4, -0.2) is 62.8 Å². The Balaban J connectivity index is 1.41. The van der Waals surface area contributed by atoms with Gasteiger partial charge in [0.25, 0.3) is 0 Å². The summed E-state index contributed by atoms with van der Waals surface area (Å²) < 4.78 is 11.3. The fraction of sp³-hybridized carbons (Fsp3) is 0.231. The number of carboxylic acid groups (broad SMARTS) is 1. The van der Waals surface area contributed by atoms with Crippen molar-refractivity contribution < 1.29 is 34.7 Å². The highest BCUT2D eigenvalue weighted by atomic mass is 16.6. The van der Waals surface area contributed by atoms with E-state index in [0.717, 1.165) is 16.8 Å². The van der Waals surface area contributed by atoms with E-state index < -0.39 is 36.6 Å². The lowest BCUT2D eigenvalue weighted by atomic mass is 9.94. The zero-order chi connectivity index (χ0) is 24.6. The highest BCUT2D eigenvalue weighted by Crippen LogP contribution is 2.38. The highest BCUT2D eigenvalue weighted by Gasteiger charge is 2.55. The molecular formula is C26H24N2O7. The van der Waals surface area contributed by atoms with E-state index in [4.69, 9.17) is 14.5 Å². The van der Waals surface area contributed by atoms with Crippen LogP contribution in [0.3, 0.4) is 0 Å². The quantitative estimate of drug-likeness (QED) is 0.294. The molecule has 0 bridgehead atoms. The highest BCUT2D eigenvalue weighted by molar-refractivity contribution is 6.16. The van der Waals surface area contributed by atoms with E-state index in [1.54, 1.807) is 12.1 Å². The summed E-state index contributed by atoms with van der Waals surface area (Å²) in [5.74, 6) is -0.140. The summed E-state index contributed by atoms with van der Waals surface area (Å²) in [6.45, 7) is -0.402. The number of nitrogens with zero attached hydrogens (tertiary/aromatic N) is 1. The predicted molar refractivity (Wildman–Crippen MR) is 126 cm³/mol. The Labute approximate surface area is 200 Å². The standard InChI is InChI=1S/C26H24N2O7/c29-19-14-34-26(25(32)33,24(31)23(19)30)27-13-15-9-11-16(12-10-15)22-17-5-1-3-7-20(17)35-21-8-4-2-6-18(21)28-22/h1-12,19,23-24,27,29-31H,13-14H2,(H,32,33). The number of aliphatic hydroxyl groups is 3. The third kappa shape index (κ3) is 4.20. The van der Waals surface area contributed by atoms with E-state index in [9.17, 15) is 25.2 Å². The lowest BCUT2D eigenvalue weighted by Gasteiger charge is -2.42. The molecule has 0 amide bonds. The molecule has 2 aliphatic rings. The monoisotopic (exact) mass is 476 g/mol. The van der Waals surface area contributed by atoms with E-state index >= 15 is 0 Å². The summed E-state index contributed by atoms with van der Waals surface area (Å²) in [7, 11) is 0. The van der Waals surface area contributed by atoms with Crippen molar-refractivity contribution in [2.75, 3.05) is 6.61 Å². The molecule has 0 aromatic heterocycles. The summed E-state index contributed by atoms with van der Waals surface area (Å²) in [5, 5.41) is 42.4. The van der Waals surface area contributed by atoms with Crippen molar-refractivity contribution in [2.24, 2.45) is 4.99 Å². The molecule has 9 nitrogen and oxygen atoms in total. The number of aliphatic hydroxyl groups excluding tert-OH is 3. The molecule has 4 unspecified atom stereocenters. The maximum atomic E-state index is 11.9. The predicted octanol–water partition coefficient (Wildman–Crippen LogP) is 1.94. The fourth-order valence-corrected chi connectivity index (χ4v) is 4.19. The van der Waals surface area contributed by atoms with Gasteiger partial charge in [-0.3, -0.25) is 5.32 Å². The maximum absolute atomic E-state index is 11.9. The van der Waals surface area contributed by atoms with Gasteiger partial charge in [0.15, 0.2) is 5.75 Å². The van der Waals surface area contributed by atoms with E-state index in [-0.39, 0.29) is 6.54 Å². The maximum Gasteiger partial charge on any atom is 0.354 e. The molecule has 0 saturated carbocycles. The molecule has 0 aliphatic carbocycles. The number of hydrogen-bond acceptors (Lipinski definition) is 8. The average molecular weight is 476 g/mol. The van der Waals surface area contributed by atoms with Crippen molar-refractivity contribution >= 4 is 17.4 Å². The van der Waals surface area contributed by atoms with E-state index in [0.29, 0.717) is 22.7 Å². The van der Waals surface area contributed by atoms with Gasteiger partial charge in [-0.05, 0) is 29.8 Å². The topological polar surface area (TPSA) is 141 Å². The van der Waals surface area contributed by atoms with Crippen LogP contribution in [0, 0.1) is 0 Å². The Morgan fingerprint density at radius 1 is 0.971 bits per heavy atom. The molecule has 35 heavy (non-hydrogen) atoms. The molecule has 3 aromatic carbocycles. The van der Waals surface area contributed by atoms with Crippen molar-refractivity contribution in [3.63, 3.8) is 0 Å². The average Bonchev–Trinajstić information content (AvgIpc) is 3.04. The third-order valence-corrected chi connectivity index (χ3v) is 6.18.